The highest BCUT2D eigenvalue weighted by atomic mass is 16.2. The molecule has 0 aliphatic rings. The largest absolute Gasteiger partial charge is 0.346 e. The lowest BCUT2D eigenvalue weighted by molar-refractivity contribution is -0.133. The van der Waals surface area contributed by atoms with Gasteiger partial charge in [0.2, 0.25) is 5.91 Å². The Labute approximate surface area is 87.6 Å². The van der Waals surface area contributed by atoms with E-state index in [0.717, 1.165) is 38.8 Å². The second-order valence-electron chi connectivity index (χ2n) is 3.92. The monoisotopic (exact) mass is 200 g/mol. The molecule has 0 fully saturated rings. The van der Waals surface area contributed by atoms with E-state index in [9.17, 15) is 4.79 Å². The van der Waals surface area contributed by atoms with Crippen LogP contribution in [-0.2, 0) is 4.79 Å². The van der Waals surface area contributed by atoms with E-state index < -0.39 is 0 Å². The van der Waals surface area contributed by atoms with E-state index in [-0.39, 0.29) is 11.8 Å². The van der Waals surface area contributed by atoms with Crippen molar-refractivity contribution in [3.63, 3.8) is 0 Å². The summed E-state index contributed by atoms with van der Waals surface area (Å²) in [6.45, 7) is 5.65. The summed E-state index contributed by atoms with van der Waals surface area (Å²) < 4.78 is 0. The van der Waals surface area contributed by atoms with E-state index in [2.05, 4.69) is 0 Å². The molecule has 0 bridgehead atoms. The maximum Gasteiger partial charge on any atom is 0.225 e. The standard InChI is InChI=1S/C11H24N2O/c1-4-10(2)11(14)13(3)9-7-5-6-8-12/h10H,4-9,12H2,1-3H3. The van der Waals surface area contributed by atoms with Gasteiger partial charge in [-0.15, -0.1) is 0 Å². The lowest BCUT2D eigenvalue weighted by Gasteiger charge is -2.20. The van der Waals surface area contributed by atoms with Crippen LogP contribution >= 0.6 is 0 Å². The summed E-state index contributed by atoms with van der Waals surface area (Å²) in [4.78, 5) is 13.5. The predicted octanol–water partition coefficient (Wildman–Crippen LogP) is 1.62. The summed E-state index contributed by atoms with van der Waals surface area (Å²) in [7, 11) is 1.89. The normalized spacial score (nSPS) is 12.6. The average Bonchev–Trinajstić information content (AvgIpc) is 2.21. The van der Waals surface area contributed by atoms with Gasteiger partial charge >= 0.3 is 0 Å². The van der Waals surface area contributed by atoms with Gasteiger partial charge in [0.25, 0.3) is 0 Å². The Bertz CT molecular complexity index is 159. The van der Waals surface area contributed by atoms with Crippen molar-refractivity contribution in [2.75, 3.05) is 20.1 Å². The van der Waals surface area contributed by atoms with Crippen molar-refractivity contribution in [2.45, 2.75) is 39.5 Å². The molecule has 2 N–H and O–H groups in total. The number of hydrogen-bond donors (Lipinski definition) is 1. The Hall–Kier alpha value is -0.570. The van der Waals surface area contributed by atoms with Crippen LogP contribution in [0.2, 0.25) is 0 Å². The minimum absolute atomic E-state index is 0.162. The van der Waals surface area contributed by atoms with Gasteiger partial charge < -0.3 is 10.6 Å². The molecule has 3 heteroatoms. The van der Waals surface area contributed by atoms with E-state index in [0.29, 0.717) is 0 Å². The Morgan fingerprint density at radius 3 is 2.50 bits per heavy atom. The van der Waals surface area contributed by atoms with Crippen LogP contribution in [0.25, 0.3) is 0 Å². The second-order valence-corrected chi connectivity index (χ2v) is 3.92. The van der Waals surface area contributed by atoms with Crippen molar-refractivity contribution >= 4 is 5.91 Å². The zero-order valence-corrected chi connectivity index (χ0v) is 9.75. The SMILES string of the molecule is CCC(C)C(=O)N(C)CCCCCN. The lowest BCUT2D eigenvalue weighted by atomic mass is 10.1. The first kappa shape index (κ1) is 13.4. The molecule has 0 aromatic rings. The van der Waals surface area contributed by atoms with Gasteiger partial charge in [-0.25, -0.2) is 0 Å². The molecule has 0 spiro atoms. The topological polar surface area (TPSA) is 46.3 Å². The fourth-order valence-electron chi connectivity index (χ4n) is 1.33. The number of carbonyl (C=O) groups excluding carboxylic acids is 1. The molecule has 0 aliphatic heterocycles. The second kappa shape index (κ2) is 7.80. The highest BCUT2D eigenvalue weighted by molar-refractivity contribution is 5.78. The zero-order chi connectivity index (χ0) is 11.0. The number of nitrogens with two attached hydrogens (primary N) is 1. The van der Waals surface area contributed by atoms with E-state index in [1.807, 2.05) is 25.8 Å². The minimum atomic E-state index is 0.162. The number of rotatable bonds is 7. The van der Waals surface area contributed by atoms with Crippen molar-refractivity contribution in [1.29, 1.82) is 0 Å². The lowest BCUT2D eigenvalue weighted by Crippen LogP contribution is -2.32. The molecule has 1 amide bonds. The van der Waals surface area contributed by atoms with Crippen LogP contribution in [0.4, 0.5) is 0 Å². The summed E-state index contributed by atoms with van der Waals surface area (Å²) in [5.74, 6) is 0.426. The Kier molecular flexibility index (Phi) is 7.48. The molecule has 0 radical (unpaired) electrons. The number of hydrogen-bond acceptors (Lipinski definition) is 2. The predicted molar refractivity (Wildman–Crippen MR) is 60.0 cm³/mol. The van der Waals surface area contributed by atoms with E-state index in [1.54, 1.807) is 0 Å². The summed E-state index contributed by atoms with van der Waals surface area (Å²) in [5.41, 5.74) is 5.39. The van der Waals surface area contributed by atoms with Crippen molar-refractivity contribution in [1.82, 2.24) is 4.90 Å². The van der Waals surface area contributed by atoms with E-state index in [1.165, 1.54) is 0 Å². The first-order valence-corrected chi connectivity index (χ1v) is 5.58. The minimum Gasteiger partial charge on any atom is -0.346 e. The smallest absolute Gasteiger partial charge is 0.225 e. The van der Waals surface area contributed by atoms with Crippen molar-refractivity contribution in [3.8, 4) is 0 Å². The molecule has 0 aromatic heterocycles. The quantitative estimate of drug-likeness (QED) is 0.635. The van der Waals surface area contributed by atoms with Gasteiger partial charge in [0.1, 0.15) is 0 Å². The van der Waals surface area contributed by atoms with Crippen LogP contribution < -0.4 is 5.73 Å². The van der Waals surface area contributed by atoms with Crippen LogP contribution in [0.1, 0.15) is 39.5 Å². The molecule has 0 aromatic carbocycles. The van der Waals surface area contributed by atoms with Gasteiger partial charge in [0.05, 0.1) is 0 Å². The van der Waals surface area contributed by atoms with Crippen molar-refractivity contribution < 1.29 is 4.79 Å². The highest BCUT2D eigenvalue weighted by Gasteiger charge is 2.14. The molecular weight excluding hydrogens is 176 g/mol. The molecule has 0 heterocycles. The number of unbranched alkanes of at least 4 members (excludes halogenated alkanes) is 2. The Morgan fingerprint density at radius 1 is 1.36 bits per heavy atom. The molecule has 0 rings (SSSR count). The maximum atomic E-state index is 11.6. The molecule has 3 nitrogen and oxygen atoms in total. The van der Waals surface area contributed by atoms with Crippen LogP contribution in [-0.4, -0.2) is 30.9 Å². The van der Waals surface area contributed by atoms with Crippen LogP contribution in [0, 0.1) is 5.92 Å². The van der Waals surface area contributed by atoms with Crippen molar-refractivity contribution in [2.24, 2.45) is 11.7 Å². The molecular formula is C11H24N2O. The third-order valence-electron chi connectivity index (χ3n) is 2.61. The summed E-state index contributed by atoms with van der Waals surface area (Å²) in [6, 6.07) is 0. The Balaban J connectivity index is 3.62. The molecule has 1 atom stereocenters. The molecule has 1 unspecified atom stereocenters. The summed E-state index contributed by atoms with van der Waals surface area (Å²) >= 11 is 0. The van der Waals surface area contributed by atoms with Gasteiger partial charge in [-0.3, -0.25) is 4.79 Å². The molecule has 0 saturated heterocycles. The van der Waals surface area contributed by atoms with E-state index >= 15 is 0 Å². The van der Waals surface area contributed by atoms with E-state index in [4.69, 9.17) is 5.73 Å². The first-order valence-electron chi connectivity index (χ1n) is 5.58. The van der Waals surface area contributed by atoms with Crippen LogP contribution in [0.5, 0.6) is 0 Å². The summed E-state index contributed by atoms with van der Waals surface area (Å²) in [6.07, 6.45) is 4.17. The Morgan fingerprint density at radius 2 is 2.00 bits per heavy atom. The van der Waals surface area contributed by atoms with Gasteiger partial charge in [0, 0.05) is 19.5 Å². The summed E-state index contributed by atoms with van der Waals surface area (Å²) in [5, 5.41) is 0. The highest BCUT2D eigenvalue weighted by Crippen LogP contribution is 2.06. The molecule has 0 aliphatic carbocycles. The third-order valence-corrected chi connectivity index (χ3v) is 2.61. The number of amides is 1. The number of carbonyl (C=O) groups is 1. The van der Waals surface area contributed by atoms with Crippen LogP contribution in [0.3, 0.4) is 0 Å². The fourth-order valence-corrected chi connectivity index (χ4v) is 1.33. The zero-order valence-electron chi connectivity index (χ0n) is 9.75. The maximum absolute atomic E-state index is 11.6. The van der Waals surface area contributed by atoms with Crippen LogP contribution in [0.15, 0.2) is 0 Å². The van der Waals surface area contributed by atoms with Gasteiger partial charge in [0.15, 0.2) is 0 Å². The molecule has 0 saturated carbocycles. The van der Waals surface area contributed by atoms with Gasteiger partial charge in [-0.2, -0.15) is 0 Å². The first-order chi connectivity index (χ1) is 6.63. The van der Waals surface area contributed by atoms with Gasteiger partial charge in [-0.05, 0) is 25.8 Å². The number of nitrogens with zero attached hydrogens (tertiary/aromatic N) is 1. The van der Waals surface area contributed by atoms with Gasteiger partial charge in [-0.1, -0.05) is 20.3 Å². The molecule has 84 valence electrons. The fraction of sp³-hybridized carbons (Fsp3) is 0.909. The average molecular weight is 200 g/mol. The molecule has 14 heavy (non-hydrogen) atoms. The third kappa shape index (κ3) is 5.22. The van der Waals surface area contributed by atoms with Crippen molar-refractivity contribution in [3.05, 3.63) is 0 Å².